The van der Waals surface area contributed by atoms with E-state index < -0.39 is 6.09 Å². The average molecular weight is 559 g/mol. The quantitative estimate of drug-likeness (QED) is 0.267. The molecule has 216 valence electrons. The molecular weight excluding hydrogens is 520 g/mol. The summed E-state index contributed by atoms with van der Waals surface area (Å²) in [4.78, 5) is 40.3. The Morgan fingerprint density at radius 3 is 2.66 bits per heavy atom. The zero-order valence-corrected chi connectivity index (χ0v) is 24.3. The van der Waals surface area contributed by atoms with Crippen LogP contribution in [0.1, 0.15) is 63.9 Å². The summed E-state index contributed by atoms with van der Waals surface area (Å²) >= 11 is 0. The van der Waals surface area contributed by atoms with Gasteiger partial charge in [-0.15, -0.1) is 0 Å². The number of nitrogens with one attached hydrogen (secondary N) is 2. The Hall–Kier alpha value is -4.25. The molecule has 3 N–H and O–H groups in total. The lowest BCUT2D eigenvalue weighted by molar-refractivity contribution is 0.192. The summed E-state index contributed by atoms with van der Waals surface area (Å²) in [7, 11) is 0. The zero-order chi connectivity index (χ0) is 29.3. The van der Waals surface area contributed by atoms with Crippen molar-refractivity contribution < 1.29 is 9.90 Å². The van der Waals surface area contributed by atoms with Crippen molar-refractivity contribution in [2.75, 3.05) is 25.0 Å². The van der Waals surface area contributed by atoms with Crippen LogP contribution in [-0.4, -0.2) is 60.0 Å². The van der Waals surface area contributed by atoms with Gasteiger partial charge in [-0.25, -0.2) is 19.1 Å². The third kappa shape index (κ3) is 6.09. The van der Waals surface area contributed by atoms with Crippen molar-refractivity contribution in [2.45, 2.75) is 65.5 Å². The van der Waals surface area contributed by atoms with Gasteiger partial charge in [0.05, 0.1) is 5.69 Å². The van der Waals surface area contributed by atoms with Gasteiger partial charge in [0.15, 0.2) is 5.65 Å². The van der Waals surface area contributed by atoms with Crippen LogP contribution in [0.2, 0.25) is 0 Å². The number of amides is 1. The maximum atomic E-state index is 13.4. The van der Waals surface area contributed by atoms with E-state index in [1.165, 1.54) is 11.1 Å². The largest absolute Gasteiger partial charge is 0.465 e. The minimum Gasteiger partial charge on any atom is -0.465 e. The SMILES string of the molecule is CC(C)n1c(=O)c2cnc(Nc3ccc4c(c3)CCN(CCCNC(=O)O)C4)nc2n1-c1ccnc(C(C)(C)C)c1. The van der Waals surface area contributed by atoms with Crippen molar-refractivity contribution in [1.82, 2.24) is 34.5 Å². The predicted molar refractivity (Wildman–Crippen MR) is 159 cm³/mol. The topological polar surface area (TPSA) is 130 Å². The Balaban J connectivity index is 1.41. The number of pyridine rings is 1. The summed E-state index contributed by atoms with van der Waals surface area (Å²) in [6.45, 7) is 13.4. The first-order valence-electron chi connectivity index (χ1n) is 14.1. The Labute approximate surface area is 239 Å². The van der Waals surface area contributed by atoms with Crippen LogP contribution in [0.25, 0.3) is 16.7 Å². The maximum Gasteiger partial charge on any atom is 0.404 e. The molecule has 0 bridgehead atoms. The van der Waals surface area contributed by atoms with Crippen LogP contribution in [0.15, 0.2) is 47.5 Å². The summed E-state index contributed by atoms with van der Waals surface area (Å²) < 4.78 is 3.59. The molecule has 0 spiro atoms. The fraction of sp³-hybridized carbons (Fsp3) is 0.433. The number of anilines is 2. The number of carbonyl (C=O) groups is 1. The van der Waals surface area contributed by atoms with Crippen LogP contribution in [-0.2, 0) is 18.4 Å². The fourth-order valence-electron chi connectivity index (χ4n) is 5.24. The van der Waals surface area contributed by atoms with Gasteiger partial charge in [-0.3, -0.25) is 14.7 Å². The third-order valence-electron chi connectivity index (χ3n) is 7.35. The standard InChI is InChI=1S/C30H38N8O3/c1-19(2)37-27(39)24-17-33-28(35-26(24)38(37)23-9-12-31-25(16-23)30(3,4)5)34-22-8-7-21-18-36(14-10-20(21)15-22)13-6-11-32-29(40)41/h7-9,12,15-17,19,32H,6,10-11,13-14,18H2,1-5H3,(H,40,41)(H,33,34,35). The van der Waals surface area contributed by atoms with Crippen molar-refractivity contribution in [2.24, 2.45) is 0 Å². The van der Waals surface area contributed by atoms with Crippen LogP contribution >= 0.6 is 0 Å². The highest BCUT2D eigenvalue weighted by atomic mass is 16.4. The van der Waals surface area contributed by atoms with E-state index in [-0.39, 0.29) is 17.0 Å². The first kappa shape index (κ1) is 28.3. The van der Waals surface area contributed by atoms with Crippen LogP contribution in [0, 0.1) is 0 Å². The summed E-state index contributed by atoms with van der Waals surface area (Å²) in [5.41, 5.74) is 5.43. The summed E-state index contributed by atoms with van der Waals surface area (Å²) in [5.74, 6) is 0.417. The monoisotopic (exact) mass is 558 g/mol. The van der Waals surface area contributed by atoms with Gasteiger partial charge in [0.2, 0.25) is 5.95 Å². The number of benzene rings is 1. The molecule has 1 aromatic carbocycles. The molecule has 5 rings (SSSR count). The molecule has 0 radical (unpaired) electrons. The molecule has 0 atom stereocenters. The lowest BCUT2D eigenvalue weighted by Crippen LogP contribution is -2.33. The van der Waals surface area contributed by atoms with Crippen molar-refractivity contribution in [1.29, 1.82) is 0 Å². The van der Waals surface area contributed by atoms with Gasteiger partial charge in [-0.05, 0) is 62.1 Å². The molecule has 0 aliphatic carbocycles. The molecule has 1 aliphatic rings. The van der Waals surface area contributed by atoms with Crippen molar-refractivity contribution in [3.63, 3.8) is 0 Å². The number of aromatic nitrogens is 5. The van der Waals surface area contributed by atoms with Crippen molar-refractivity contribution >= 4 is 28.8 Å². The molecule has 1 amide bonds. The van der Waals surface area contributed by atoms with Crippen LogP contribution in [0.5, 0.6) is 0 Å². The Morgan fingerprint density at radius 2 is 1.93 bits per heavy atom. The van der Waals surface area contributed by atoms with E-state index in [4.69, 9.17) is 10.1 Å². The molecule has 1 aliphatic heterocycles. The molecule has 4 heterocycles. The minimum atomic E-state index is -0.982. The van der Waals surface area contributed by atoms with E-state index in [1.807, 2.05) is 36.7 Å². The van der Waals surface area contributed by atoms with Gasteiger partial charge in [0.1, 0.15) is 5.39 Å². The maximum absolute atomic E-state index is 13.4. The van der Waals surface area contributed by atoms with Gasteiger partial charge < -0.3 is 15.7 Å². The molecule has 0 fully saturated rings. The highest BCUT2D eigenvalue weighted by Gasteiger charge is 2.22. The molecule has 41 heavy (non-hydrogen) atoms. The zero-order valence-electron chi connectivity index (χ0n) is 24.3. The number of hydrogen-bond donors (Lipinski definition) is 3. The molecule has 0 unspecified atom stereocenters. The van der Waals surface area contributed by atoms with E-state index in [2.05, 4.69) is 58.4 Å². The van der Waals surface area contributed by atoms with Gasteiger partial charge in [0, 0.05) is 61.4 Å². The number of carboxylic acid groups (broad SMARTS) is 1. The van der Waals surface area contributed by atoms with E-state index >= 15 is 0 Å². The summed E-state index contributed by atoms with van der Waals surface area (Å²) in [5, 5.41) is 15.0. The van der Waals surface area contributed by atoms with E-state index in [0.717, 1.165) is 49.5 Å². The molecule has 4 aromatic rings. The lowest BCUT2D eigenvalue weighted by Gasteiger charge is -2.29. The van der Waals surface area contributed by atoms with E-state index in [9.17, 15) is 9.59 Å². The second-order valence-electron chi connectivity index (χ2n) is 11.9. The minimum absolute atomic E-state index is 0.0898. The average Bonchev–Trinajstić information content (AvgIpc) is 3.22. The van der Waals surface area contributed by atoms with Gasteiger partial charge >= 0.3 is 6.09 Å². The van der Waals surface area contributed by atoms with Crippen LogP contribution in [0.4, 0.5) is 16.4 Å². The molecule has 3 aromatic heterocycles. The predicted octanol–water partition coefficient (Wildman–Crippen LogP) is 4.62. The number of nitrogens with zero attached hydrogens (tertiary/aromatic N) is 6. The first-order chi connectivity index (χ1) is 19.5. The Bertz CT molecular complexity index is 1630. The smallest absolute Gasteiger partial charge is 0.404 e. The summed E-state index contributed by atoms with van der Waals surface area (Å²) in [6, 6.07) is 10.1. The van der Waals surface area contributed by atoms with Gasteiger partial charge in [-0.2, -0.15) is 4.98 Å². The molecule has 11 heteroatoms. The lowest BCUT2D eigenvalue weighted by atomic mass is 9.91. The van der Waals surface area contributed by atoms with Crippen molar-refractivity contribution in [3.8, 4) is 5.69 Å². The highest BCUT2D eigenvalue weighted by molar-refractivity contribution is 5.77. The third-order valence-corrected chi connectivity index (χ3v) is 7.35. The number of hydrogen-bond acceptors (Lipinski definition) is 7. The summed E-state index contributed by atoms with van der Waals surface area (Å²) in [6.07, 6.45) is 4.08. The molecular formula is C30H38N8O3. The second-order valence-corrected chi connectivity index (χ2v) is 11.9. The number of rotatable bonds is 8. The van der Waals surface area contributed by atoms with Gasteiger partial charge in [-0.1, -0.05) is 26.8 Å². The highest BCUT2D eigenvalue weighted by Crippen LogP contribution is 2.27. The van der Waals surface area contributed by atoms with Crippen LogP contribution in [0.3, 0.4) is 0 Å². The Kier molecular flexibility index (Phi) is 7.81. The molecule has 0 saturated heterocycles. The first-order valence-corrected chi connectivity index (χ1v) is 14.1. The molecule has 0 saturated carbocycles. The van der Waals surface area contributed by atoms with Gasteiger partial charge in [0.25, 0.3) is 5.56 Å². The van der Waals surface area contributed by atoms with Crippen LogP contribution < -0.4 is 16.2 Å². The Morgan fingerprint density at radius 1 is 1.12 bits per heavy atom. The fourth-order valence-corrected chi connectivity index (χ4v) is 5.24. The second kappa shape index (κ2) is 11.3. The normalized spacial score (nSPS) is 13.9. The molecule has 11 nitrogen and oxygen atoms in total. The van der Waals surface area contributed by atoms with E-state index in [0.29, 0.717) is 23.5 Å². The van der Waals surface area contributed by atoms with Crippen molar-refractivity contribution in [3.05, 3.63) is 69.9 Å². The van der Waals surface area contributed by atoms with E-state index in [1.54, 1.807) is 17.1 Å². The number of fused-ring (bicyclic) bond motifs is 2.